The average molecular weight is 411 g/mol. The van der Waals surface area contributed by atoms with Gasteiger partial charge in [-0.25, -0.2) is 0 Å². The zero-order valence-corrected chi connectivity index (χ0v) is 17.6. The van der Waals surface area contributed by atoms with Crippen LogP contribution in [0.5, 0.6) is 0 Å². The van der Waals surface area contributed by atoms with Gasteiger partial charge in [0, 0.05) is 16.3 Å². The van der Waals surface area contributed by atoms with Crippen LogP contribution in [0.1, 0.15) is 27.7 Å². The smallest absolute Gasteiger partial charge is 0.265 e. The summed E-state index contributed by atoms with van der Waals surface area (Å²) in [4.78, 5) is 26.2. The molecule has 6 heteroatoms. The summed E-state index contributed by atoms with van der Waals surface area (Å²) in [6, 6.07) is 17.1. The first-order valence-corrected chi connectivity index (χ1v) is 10.7. The summed E-state index contributed by atoms with van der Waals surface area (Å²) in [5.41, 5.74) is 3.80. The van der Waals surface area contributed by atoms with E-state index in [4.69, 9.17) is 0 Å². The first-order chi connectivity index (χ1) is 13.4. The zero-order chi connectivity index (χ0) is 20.1. The molecule has 0 bridgehead atoms. The third-order valence-corrected chi connectivity index (χ3v) is 6.16. The number of thiophene rings is 1. The molecule has 0 radical (unpaired) electrons. The molecule has 0 fully saturated rings. The Morgan fingerprint density at radius 3 is 2.39 bits per heavy atom. The van der Waals surface area contributed by atoms with Crippen molar-refractivity contribution in [2.24, 2.45) is 0 Å². The Kier molecular flexibility index (Phi) is 6.54. The number of nitrogens with one attached hydrogen (secondary N) is 2. The van der Waals surface area contributed by atoms with Gasteiger partial charge in [0.2, 0.25) is 5.91 Å². The van der Waals surface area contributed by atoms with Gasteiger partial charge in [-0.15, -0.1) is 23.1 Å². The largest absolute Gasteiger partial charge is 0.325 e. The predicted octanol–water partition coefficient (Wildman–Crippen LogP) is 5.74. The summed E-state index contributed by atoms with van der Waals surface area (Å²) in [7, 11) is 0. The maximum atomic E-state index is 12.5. The second-order valence-corrected chi connectivity index (χ2v) is 8.89. The Hall–Kier alpha value is -2.57. The first kappa shape index (κ1) is 20.2. The summed E-state index contributed by atoms with van der Waals surface area (Å²) in [5.74, 6) is -0.149. The topological polar surface area (TPSA) is 58.2 Å². The average Bonchev–Trinajstić information content (AvgIpc) is 3.20. The van der Waals surface area contributed by atoms with Crippen molar-refractivity contribution < 1.29 is 9.59 Å². The first-order valence-electron chi connectivity index (χ1n) is 8.92. The molecule has 4 nitrogen and oxygen atoms in total. The van der Waals surface area contributed by atoms with Gasteiger partial charge in [-0.05, 0) is 68.1 Å². The summed E-state index contributed by atoms with van der Waals surface area (Å²) < 4.78 is 0. The zero-order valence-electron chi connectivity index (χ0n) is 16.0. The lowest BCUT2D eigenvalue weighted by Gasteiger charge is -2.14. The highest BCUT2D eigenvalue weighted by Crippen LogP contribution is 2.26. The molecule has 0 spiro atoms. The molecule has 0 saturated heterocycles. The van der Waals surface area contributed by atoms with E-state index in [-0.39, 0.29) is 17.1 Å². The monoisotopic (exact) mass is 410 g/mol. The van der Waals surface area contributed by atoms with E-state index in [2.05, 4.69) is 16.7 Å². The fraction of sp³-hybridized carbons (Fsp3) is 0.182. The van der Waals surface area contributed by atoms with E-state index in [0.717, 1.165) is 21.8 Å². The number of carbonyl (C=O) groups is 2. The Morgan fingerprint density at radius 2 is 1.75 bits per heavy atom. The van der Waals surface area contributed by atoms with E-state index >= 15 is 0 Å². The normalized spacial score (nSPS) is 11.7. The van der Waals surface area contributed by atoms with Crippen molar-refractivity contribution >= 4 is 46.3 Å². The highest BCUT2D eigenvalue weighted by atomic mass is 32.2. The van der Waals surface area contributed by atoms with Crippen LogP contribution in [0.25, 0.3) is 0 Å². The van der Waals surface area contributed by atoms with Gasteiger partial charge in [0.15, 0.2) is 0 Å². The Balaban J connectivity index is 1.57. The minimum absolute atomic E-state index is 0.0352. The van der Waals surface area contributed by atoms with Crippen LogP contribution < -0.4 is 10.6 Å². The van der Waals surface area contributed by atoms with Crippen molar-refractivity contribution in [3.8, 4) is 0 Å². The molecular weight excluding hydrogens is 388 g/mol. The van der Waals surface area contributed by atoms with Crippen molar-refractivity contribution in [2.45, 2.75) is 30.9 Å². The van der Waals surface area contributed by atoms with E-state index in [1.165, 1.54) is 28.7 Å². The van der Waals surface area contributed by atoms with Crippen LogP contribution in [0, 0.1) is 13.8 Å². The molecule has 1 heterocycles. The fourth-order valence-electron chi connectivity index (χ4n) is 2.66. The van der Waals surface area contributed by atoms with Crippen LogP contribution in [-0.2, 0) is 4.79 Å². The number of benzene rings is 2. The molecule has 2 N–H and O–H groups in total. The molecule has 0 aliphatic heterocycles. The number of hydrogen-bond acceptors (Lipinski definition) is 4. The molecule has 0 aliphatic rings. The molecule has 144 valence electrons. The van der Waals surface area contributed by atoms with Crippen LogP contribution in [0.15, 0.2) is 64.9 Å². The molecule has 0 saturated carbocycles. The van der Waals surface area contributed by atoms with Crippen molar-refractivity contribution in [2.75, 3.05) is 10.6 Å². The Labute approximate surface area is 173 Å². The van der Waals surface area contributed by atoms with E-state index in [1.807, 2.05) is 68.6 Å². The Morgan fingerprint density at radius 1 is 1.00 bits per heavy atom. The molecule has 1 aromatic heterocycles. The van der Waals surface area contributed by atoms with Gasteiger partial charge in [-0.1, -0.05) is 23.8 Å². The van der Waals surface area contributed by atoms with E-state index < -0.39 is 0 Å². The highest BCUT2D eigenvalue weighted by molar-refractivity contribution is 8.00. The number of thioether (sulfide) groups is 1. The van der Waals surface area contributed by atoms with Crippen molar-refractivity contribution in [3.63, 3.8) is 0 Å². The van der Waals surface area contributed by atoms with Crippen LogP contribution in [0.4, 0.5) is 11.4 Å². The van der Waals surface area contributed by atoms with Gasteiger partial charge in [0.25, 0.3) is 5.91 Å². The van der Waals surface area contributed by atoms with Crippen molar-refractivity contribution in [3.05, 3.63) is 76.0 Å². The summed E-state index contributed by atoms with van der Waals surface area (Å²) in [6.45, 7) is 5.91. The highest BCUT2D eigenvalue weighted by Gasteiger charge is 2.15. The lowest BCUT2D eigenvalue weighted by Crippen LogP contribution is -2.22. The van der Waals surface area contributed by atoms with Gasteiger partial charge in [-0.2, -0.15) is 0 Å². The molecular formula is C22H22N2O2S2. The summed E-state index contributed by atoms with van der Waals surface area (Å²) in [6.07, 6.45) is 0. The van der Waals surface area contributed by atoms with Gasteiger partial charge >= 0.3 is 0 Å². The quantitative estimate of drug-likeness (QED) is 0.510. The number of anilines is 2. The maximum Gasteiger partial charge on any atom is 0.265 e. The Bertz CT molecular complexity index is 967. The summed E-state index contributed by atoms with van der Waals surface area (Å²) >= 11 is 2.89. The predicted molar refractivity (Wildman–Crippen MR) is 119 cm³/mol. The minimum atomic E-state index is -0.243. The maximum absolute atomic E-state index is 12.5. The van der Waals surface area contributed by atoms with Crippen molar-refractivity contribution in [1.29, 1.82) is 0 Å². The molecule has 2 amide bonds. The van der Waals surface area contributed by atoms with Gasteiger partial charge < -0.3 is 10.6 Å². The molecule has 28 heavy (non-hydrogen) atoms. The molecule has 0 aliphatic carbocycles. The second-order valence-electron chi connectivity index (χ2n) is 6.52. The van der Waals surface area contributed by atoms with Crippen LogP contribution in [0.3, 0.4) is 0 Å². The number of aryl methyl sites for hydroxylation is 2. The van der Waals surface area contributed by atoms with Crippen molar-refractivity contribution in [1.82, 2.24) is 0 Å². The standard InChI is InChI=1S/C22H22N2O2S2/c1-14-6-11-19(15(2)13-14)24-21(25)16(3)28-18-9-7-17(8-10-18)23-22(26)20-5-4-12-27-20/h4-13,16H,1-3H3,(H,23,26)(H,24,25). The van der Waals surface area contributed by atoms with Crippen LogP contribution in [0.2, 0.25) is 0 Å². The fourth-order valence-corrected chi connectivity index (χ4v) is 4.15. The van der Waals surface area contributed by atoms with Crippen LogP contribution in [-0.4, -0.2) is 17.1 Å². The molecule has 3 aromatic rings. The molecule has 1 atom stereocenters. The lowest BCUT2D eigenvalue weighted by atomic mass is 10.1. The number of hydrogen-bond donors (Lipinski definition) is 2. The molecule has 1 unspecified atom stereocenters. The third-order valence-electron chi connectivity index (χ3n) is 4.18. The number of rotatable bonds is 6. The van der Waals surface area contributed by atoms with Gasteiger partial charge in [0.05, 0.1) is 10.1 Å². The third kappa shape index (κ3) is 5.24. The van der Waals surface area contributed by atoms with Gasteiger partial charge in [0.1, 0.15) is 0 Å². The van der Waals surface area contributed by atoms with Crippen LogP contribution >= 0.6 is 23.1 Å². The number of amides is 2. The molecule has 2 aromatic carbocycles. The minimum Gasteiger partial charge on any atom is -0.325 e. The van der Waals surface area contributed by atoms with E-state index in [9.17, 15) is 9.59 Å². The molecule has 3 rings (SSSR count). The van der Waals surface area contributed by atoms with Gasteiger partial charge in [-0.3, -0.25) is 9.59 Å². The van der Waals surface area contributed by atoms with E-state index in [1.54, 1.807) is 6.07 Å². The second kappa shape index (κ2) is 9.08. The summed E-state index contributed by atoms with van der Waals surface area (Å²) in [5, 5.41) is 7.50. The SMILES string of the molecule is Cc1ccc(NC(=O)C(C)Sc2ccc(NC(=O)c3cccs3)cc2)c(C)c1. The lowest BCUT2D eigenvalue weighted by molar-refractivity contribution is -0.115. The van der Waals surface area contributed by atoms with E-state index in [0.29, 0.717) is 4.88 Å². The number of carbonyl (C=O) groups excluding carboxylic acids is 2.